The van der Waals surface area contributed by atoms with Gasteiger partial charge in [0.05, 0.1) is 36.0 Å². The molecule has 3 amide bonds. The quantitative estimate of drug-likeness (QED) is 0.260. The van der Waals surface area contributed by atoms with Gasteiger partial charge in [0.15, 0.2) is 0 Å². The highest BCUT2D eigenvalue weighted by molar-refractivity contribution is 9.10. The maximum absolute atomic E-state index is 14.6. The number of hydrogen-bond donors (Lipinski definition) is 0. The van der Waals surface area contributed by atoms with Gasteiger partial charge in [-0.1, -0.05) is 76.6 Å². The molecule has 224 valence electrons. The Morgan fingerprint density at radius 3 is 2.58 bits per heavy atom. The monoisotopic (exact) mass is 647 g/mol. The Hall–Kier alpha value is -3.66. The summed E-state index contributed by atoms with van der Waals surface area (Å²) in [6.07, 6.45) is 7.03. The average molecular weight is 649 g/mol. The average Bonchev–Trinajstić information content (AvgIpc) is 3.57. The van der Waals surface area contributed by atoms with Crippen molar-refractivity contribution in [2.45, 2.75) is 58.2 Å². The molecule has 8 nitrogen and oxygen atoms in total. The van der Waals surface area contributed by atoms with E-state index in [1.54, 1.807) is 10.7 Å². The van der Waals surface area contributed by atoms with Crippen LogP contribution in [0.1, 0.15) is 62.4 Å². The van der Waals surface area contributed by atoms with Crippen molar-refractivity contribution in [2.24, 2.45) is 23.7 Å². The minimum atomic E-state index is -0.686. The van der Waals surface area contributed by atoms with Crippen molar-refractivity contribution in [2.75, 3.05) is 6.54 Å². The van der Waals surface area contributed by atoms with E-state index in [1.807, 2.05) is 80.4 Å². The molecule has 3 aromatic rings. The third-order valence-corrected chi connectivity index (χ3v) is 9.94. The summed E-state index contributed by atoms with van der Waals surface area (Å²) in [4.78, 5) is 44.3. The normalized spacial score (nSPS) is 27.8. The number of carbonyl (C=O) groups excluding carboxylic acids is 3. The Bertz CT molecular complexity index is 1580. The van der Waals surface area contributed by atoms with E-state index >= 15 is 0 Å². The van der Waals surface area contributed by atoms with Gasteiger partial charge in [0, 0.05) is 34.7 Å². The van der Waals surface area contributed by atoms with Crippen LogP contribution in [0.3, 0.4) is 0 Å². The number of carbonyl (C=O) groups is 3. The number of halogens is 2. The lowest BCUT2D eigenvalue weighted by Gasteiger charge is -2.41. The van der Waals surface area contributed by atoms with Crippen LogP contribution in [0.5, 0.6) is 0 Å². The number of hydrogen-bond acceptors (Lipinski definition) is 5. The second-order valence-corrected chi connectivity index (χ2v) is 13.1. The molecule has 0 saturated carbocycles. The lowest BCUT2D eigenvalue weighted by Crippen LogP contribution is -2.51. The first kappa shape index (κ1) is 29.4. The summed E-state index contributed by atoms with van der Waals surface area (Å²) in [6.45, 7) is 6.60. The Kier molecular flexibility index (Phi) is 8.06. The van der Waals surface area contributed by atoms with Gasteiger partial charge in [-0.2, -0.15) is 0 Å². The molecule has 0 bridgehead atoms. The van der Waals surface area contributed by atoms with Crippen LogP contribution in [0.2, 0.25) is 0 Å². The molecule has 2 saturated heterocycles. The lowest BCUT2D eigenvalue weighted by atomic mass is 9.71. The molecule has 6 unspecified atom stereocenters. The summed E-state index contributed by atoms with van der Waals surface area (Å²) in [5, 5.41) is 8.73. The fourth-order valence-electron chi connectivity index (χ4n) is 7.01. The fraction of sp³-hybridized carbons (Fsp3) is 0.424. The van der Waals surface area contributed by atoms with Crippen molar-refractivity contribution >= 4 is 33.7 Å². The number of fused-ring (bicyclic) bond motifs is 1. The van der Waals surface area contributed by atoms with Gasteiger partial charge in [0.2, 0.25) is 17.7 Å². The van der Waals surface area contributed by atoms with Gasteiger partial charge in [-0.15, -0.1) is 5.10 Å². The van der Waals surface area contributed by atoms with Crippen LogP contribution in [-0.4, -0.2) is 55.1 Å². The van der Waals surface area contributed by atoms with Gasteiger partial charge in [-0.3, -0.25) is 19.3 Å². The number of imide groups is 1. The summed E-state index contributed by atoms with van der Waals surface area (Å²) in [5.74, 6) is -2.81. The number of aromatic nitrogens is 3. The maximum atomic E-state index is 14.6. The number of allylic oxidation sites excluding steroid dienone is 1. The molecule has 10 heteroatoms. The molecule has 3 heterocycles. The minimum absolute atomic E-state index is 0.0662. The van der Waals surface area contributed by atoms with Crippen molar-refractivity contribution in [3.05, 3.63) is 94.0 Å². The maximum Gasteiger partial charge on any atom is 0.237 e. The van der Waals surface area contributed by atoms with Gasteiger partial charge in [-0.05, 0) is 50.3 Å². The molecule has 2 fully saturated rings. The van der Waals surface area contributed by atoms with Gasteiger partial charge >= 0.3 is 0 Å². The highest BCUT2D eigenvalue weighted by Gasteiger charge is 2.55. The topological polar surface area (TPSA) is 88.4 Å². The van der Waals surface area contributed by atoms with E-state index in [0.29, 0.717) is 29.4 Å². The van der Waals surface area contributed by atoms with Gasteiger partial charge < -0.3 is 4.90 Å². The van der Waals surface area contributed by atoms with Crippen LogP contribution in [-0.2, 0) is 20.9 Å². The molecule has 0 N–H and O–H groups in total. The number of benzene rings is 2. The molecular formula is C33H35BrFN5O3. The van der Waals surface area contributed by atoms with E-state index in [0.717, 1.165) is 11.3 Å². The zero-order valence-electron chi connectivity index (χ0n) is 24.4. The first-order valence-electron chi connectivity index (χ1n) is 14.9. The molecule has 0 spiro atoms. The number of rotatable bonds is 6. The van der Waals surface area contributed by atoms with Crippen LogP contribution >= 0.6 is 15.9 Å². The zero-order valence-corrected chi connectivity index (χ0v) is 26.0. The molecule has 7 atom stereocenters. The summed E-state index contributed by atoms with van der Waals surface area (Å²) < 4.78 is 16.9. The van der Waals surface area contributed by atoms with Crippen molar-refractivity contribution in [1.29, 1.82) is 0 Å². The predicted octanol–water partition coefficient (Wildman–Crippen LogP) is 5.51. The van der Waals surface area contributed by atoms with Crippen LogP contribution in [0, 0.1) is 29.5 Å². The van der Waals surface area contributed by atoms with Crippen molar-refractivity contribution in [1.82, 2.24) is 24.8 Å². The van der Waals surface area contributed by atoms with Crippen molar-refractivity contribution in [3.63, 3.8) is 0 Å². The molecule has 43 heavy (non-hydrogen) atoms. The third kappa shape index (κ3) is 5.46. The molecule has 2 aromatic carbocycles. The summed E-state index contributed by atoms with van der Waals surface area (Å²) in [5.41, 5.74) is 2.24. The van der Waals surface area contributed by atoms with Crippen LogP contribution in [0.25, 0.3) is 0 Å². The first-order chi connectivity index (χ1) is 20.6. The fourth-order valence-corrected chi connectivity index (χ4v) is 7.34. The minimum Gasteiger partial charge on any atom is -0.340 e. The number of piperidine rings is 1. The molecular weight excluding hydrogens is 613 g/mol. The molecule has 2 aliphatic heterocycles. The van der Waals surface area contributed by atoms with E-state index in [9.17, 15) is 18.8 Å². The Morgan fingerprint density at radius 1 is 1.09 bits per heavy atom. The van der Waals surface area contributed by atoms with Crippen LogP contribution in [0.15, 0.2) is 71.4 Å². The number of likely N-dealkylation sites (tertiary alicyclic amines) is 2. The molecule has 1 aromatic heterocycles. The predicted molar refractivity (Wildman–Crippen MR) is 162 cm³/mol. The molecule has 6 rings (SSSR count). The smallest absolute Gasteiger partial charge is 0.237 e. The highest BCUT2D eigenvalue weighted by Crippen LogP contribution is 2.43. The van der Waals surface area contributed by atoms with E-state index in [-0.39, 0.29) is 54.0 Å². The van der Waals surface area contributed by atoms with Crippen LogP contribution in [0.4, 0.5) is 4.39 Å². The summed E-state index contributed by atoms with van der Waals surface area (Å²) in [6, 6.07) is 14.0. The first-order valence-corrected chi connectivity index (χ1v) is 15.7. The van der Waals surface area contributed by atoms with E-state index in [2.05, 4.69) is 26.2 Å². The second-order valence-electron chi connectivity index (χ2n) is 12.1. The Morgan fingerprint density at radius 2 is 1.86 bits per heavy atom. The second kappa shape index (κ2) is 11.8. The highest BCUT2D eigenvalue weighted by atomic mass is 79.9. The molecule has 3 aliphatic rings. The van der Waals surface area contributed by atoms with Gasteiger partial charge in [0.1, 0.15) is 5.82 Å². The third-order valence-electron chi connectivity index (χ3n) is 9.45. The molecule has 1 aliphatic carbocycles. The lowest BCUT2D eigenvalue weighted by molar-refractivity contribution is -0.148. The van der Waals surface area contributed by atoms with Crippen molar-refractivity contribution in [3.8, 4) is 0 Å². The summed E-state index contributed by atoms with van der Waals surface area (Å²) >= 11 is 3.30. The zero-order chi connectivity index (χ0) is 30.4. The number of nitrogens with zero attached hydrogens (tertiary/aromatic N) is 5. The molecule has 0 radical (unpaired) electrons. The van der Waals surface area contributed by atoms with Crippen molar-refractivity contribution < 1.29 is 18.8 Å². The number of amides is 3. The van der Waals surface area contributed by atoms with E-state index in [1.165, 1.54) is 11.0 Å². The Balaban J connectivity index is 1.15. The summed E-state index contributed by atoms with van der Waals surface area (Å²) in [7, 11) is 0. The van der Waals surface area contributed by atoms with Gasteiger partial charge in [-0.25, -0.2) is 9.07 Å². The van der Waals surface area contributed by atoms with E-state index < -0.39 is 17.8 Å². The van der Waals surface area contributed by atoms with Crippen LogP contribution < -0.4 is 0 Å². The standard InChI is InChI=1S/C33H35BrFN5O3/c1-19-9-11-26-30(33(43)39(31(26)41)17-22-7-5-4-6-8-22)29(19)32(42)38-14-13-23(15-20(38)2)28-18-40(37-36-28)21(3)25-12-10-24(34)16-27(25)35/h4-12,16,18-21,23,26,29-30H,13-15,17H2,1-3H3/t19?,20?,21-,23?,26?,29?,30?/m0/s1. The van der Waals surface area contributed by atoms with Gasteiger partial charge in [0.25, 0.3) is 0 Å². The largest absolute Gasteiger partial charge is 0.340 e. The van der Waals surface area contributed by atoms with E-state index in [4.69, 9.17) is 0 Å². The SMILES string of the molecule is CC1C=CC2C(=O)N(Cc3ccccc3)C(=O)C2C1C(=O)N1CCC(c2cn([C@@H](C)c3ccc(Br)cc3F)nn2)CC1C. The Labute approximate surface area is 259 Å².